The molecule has 1 aromatic carbocycles. The Balaban J connectivity index is 1.90. The smallest absolute Gasteiger partial charge is 0.0234 e. The van der Waals surface area contributed by atoms with Crippen molar-refractivity contribution >= 4 is 15.9 Å². The largest absolute Gasteiger partial charge is 0.299 e. The van der Waals surface area contributed by atoms with Crippen LogP contribution in [0.25, 0.3) is 0 Å². The van der Waals surface area contributed by atoms with E-state index in [0.29, 0.717) is 6.04 Å². The number of piperidine rings is 1. The Morgan fingerprint density at radius 2 is 2.12 bits per heavy atom. The second-order valence-electron chi connectivity index (χ2n) is 4.81. The van der Waals surface area contributed by atoms with Crippen LogP contribution in [0.3, 0.4) is 0 Å². The molecule has 1 fully saturated rings. The molecule has 2 rings (SSSR count). The molecule has 0 amide bonds. The van der Waals surface area contributed by atoms with Gasteiger partial charge in [0.2, 0.25) is 0 Å². The first-order valence-corrected chi connectivity index (χ1v) is 6.89. The van der Waals surface area contributed by atoms with E-state index >= 15 is 0 Å². The molecule has 1 heterocycles. The minimum Gasteiger partial charge on any atom is -0.299 e. The van der Waals surface area contributed by atoms with Gasteiger partial charge < -0.3 is 0 Å². The van der Waals surface area contributed by atoms with Crippen LogP contribution in [0.15, 0.2) is 28.7 Å². The lowest BCUT2D eigenvalue weighted by Crippen LogP contribution is -2.45. The Bertz CT molecular complexity index is 361. The Kier molecular flexibility index (Phi) is 4.56. The minimum absolute atomic E-state index is 0.661. The van der Waals surface area contributed by atoms with Gasteiger partial charge in [-0.25, -0.2) is 5.01 Å². The summed E-state index contributed by atoms with van der Waals surface area (Å²) in [4.78, 5) is 2.44. The average Bonchev–Trinajstić information content (AvgIpc) is 2.29. The molecule has 0 spiro atoms. The Labute approximate surface area is 112 Å². The van der Waals surface area contributed by atoms with Gasteiger partial charge in [-0.3, -0.25) is 10.7 Å². The fraction of sp³-hybridized carbons (Fsp3) is 0.538. The van der Waals surface area contributed by atoms with Gasteiger partial charge in [0.05, 0.1) is 0 Å². The van der Waals surface area contributed by atoms with Gasteiger partial charge in [0.1, 0.15) is 0 Å². The minimum atomic E-state index is 0.661. The van der Waals surface area contributed by atoms with E-state index in [1.807, 2.05) is 5.01 Å². The van der Waals surface area contributed by atoms with Crippen LogP contribution in [0.1, 0.15) is 18.4 Å². The molecule has 1 aromatic rings. The van der Waals surface area contributed by atoms with E-state index in [1.165, 1.54) is 18.4 Å². The molecule has 0 unspecified atom stereocenters. The molecule has 0 radical (unpaired) electrons. The van der Waals surface area contributed by atoms with E-state index in [1.54, 1.807) is 0 Å². The maximum absolute atomic E-state index is 5.78. The number of hydrogen-bond donors (Lipinski definition) is 1. The fourth-order valence-corrected chi connectivity index (χ4v) is 2.83. The van der Waals surface area contributed by atoms with Gasteiger partial charge in [0.15, 0.2) is 0 Å². The van der Waals surface area contributed by atoms with Gasteiger partial charge in [-0.15, -0.1) is 0 Å². The van der Waals surface area contributed by atoms with Crippen LogP contribution in [0.5, 0.6) is 0 Å². The second kappa shape index (κ2) is 5.96. The van der Waals surface area contributed by atoms with Crippen LogP contribution < -0.4 is 5.84 Å². The lowest BCUT2D eigenvalue weighted by atomic mass is 10.0. The molecule has 17 heavy (non-hydrogen) atoms. The van der Waals surface area contributed by atoms with Crippen LogP contribution in [0.4, 0.5) is 0 Å². The topological polar surface area (TPSA) is 32.5 Å². The van der Waals surface area contributed by atoms with Crippen molar-refractivity contribution in [2.24, 2.45) is 5.84 Å². The summed E-state index contributed by atoms with van der Waals surface area (Å²) in [6, 6.07) is 9.19. The van der Waals surface area contributed by atoms with Crippen molar-refractivity contribution < 1.29 is 0 Å². The van der Waals surface area contributed by atoms with E-state index in [-0.39, 0.29) is 0 Å². The van der Waals surface area contributed by atoms with Crippen molar-refractivity contribution in [1.29, 1.82) is 0 Å². The number of benzene rings is 1. The molecule has 1 aliphatic rings. The first-order chi connectivity index (χ1) is 8.15. The lowest BCUT2D eigenvalue weighted by molar-refractivity contribution is 0.124. The molecular formula is C13H20BrN3. The van der Waals surface area contributed by atoms with Crippen LogP contribution in [-0.4, -0.2) is 36.1 Å². The normalized spacial score (nSPS) is 18.8. The maximum atomic E-state index is 5.78. The first kappa shape index (κ1) is 13.0. The molecule has 0 bridgehead atoms. The predicted molar refractivity (Wildman–Crippen MR) is 74.4 cm³/mol. The first-order valence-electron chi connectivity index (χ1n) is 6.09. The summed E-state index contributed by atoms with van der Waals surface area (Å²) >= 11 is 3.51. The Morgan fingerprint density at radius 3 is 2.76 bits per heavy atom. The summed E-state index contributed by atoms with van der Waals surface area (Å²) in [5.74, 6) is 5.78. The van der Waals surface area contributed by atoms with Crippen LogP contribution in [0, 0.1) is 0 Å². The van der Waals surface area contributed by atoms with Gasteiger partial charge in [0.25, 0.3) is 0 Å². The number of hydrogen-bond acceptors (Lipinski definition) is 3. The zero-order valence-corrected chi connectivity index (χ0v) is 11.9. The molecule has 0 aromatic heterocycles. The number of hydrazine groups is 1. The zero-order valence-electron chi connectivity index (χ0n) is 10.3. The number of nitrogens with two attached hydrogens (primary N) is 1. The highest BCUT2D eigenvalue weighted by Gasteiger charge is 2.20. The van der Waals surface area contributed by atoms with Crippen LogP contribution >= 0.6 is 15.9 Å². The molecule has 0 aliphatic carbocycles. The van der Waals surface area contributed by atoms with Crippen molar-refractivity contribution in [3.63, 3.8) is 0 Å². The van der Waals surface area contributed by atoms with Gasteiger partial charge in [-0.1, -0.05) is 28.1 Å². The van der Waals surface area contributed by atoms with Crippen molar-refractivity contribution in [1.82, 2.24) is 9.91 Å². The highest BCUT2D eigenvalue weighted by Crippen LogP contribution is 2.18. The molecule has 0 atom stereocenters. The SMILES string of the molecule is CN(Cc1cccc(Br)c1)C1CCN(N)CC1. The van der Waals surface area contributed by atoms with Crippen molar-refractivity contribution in [3.05, 3.63) is 34.3 Å². The van der Waals surface area contributed by atoms with E-state index < -0.39 is 0 Å². The molecule has 3 nitrogen and oxygen atoms in total. The monoisotopic (exact) mass is 297 g/mol. The van der Waals surface area contributed by atoms with Crippen LogP contribution in [0.2, 0.25) is 0 Å². The molecule has 1 aliphatic heterocycles. The van der Waals surface area contributed by atoms with Crippen molar-refractivity contribution in [2.45, 2.75) is 25.4 Å². The van der Waals surface area contributed by atoms with E-state index in [2.05, 4.69) is 52.1 Å². The lowest BCUT2D eigenvalue weighted by Gasteiger charge is -2.34. The Morgan fingerprint density at radius 1 is 1.41 bits per heavy atom. The summed E-state index contributed by atoms with van der Waals surface area (Å²) in [6.45, 7) is 3.02. The summed E-state index contributed by atoms with van der Waals surface area (Å²) in [6.07, 6.45) is 2.34. The van der Waals surface area contributed by atoms with Gasteiger partial charge in [0, 0.05) is 30.1 Å². The summed E-state index contributed by atoms with van der Waals surface area (Å²) in [7, 11) is 2.21. The third-order valence-corrected chi connectivity index (χ3v) is 3.94. The standard InChI is InChI=1S/C13H20BrN3/c1-16(13-5-7-17(15)8-6-13)10-11-3-2-4-12(14)9-11/h2-4,9,13H,5-8,10,15H2,1H3. The average molecular weight is 298 g/mol. The van der Waals surface area contributed by atoms with Crippen molar-refractivity contribution in [3.8, 4) is 0 Å². The van der Waals surface area contributed by atoms with Gasteiger partial charge >= 0.3 is 0 Å². The maximum Gasteiger partial charge on any atom is 0.0234 e. The molecule has 0 saturated carbocycles. The number of nitrogens with zero attached hydrogens (tertiary/aromatic N) is 2. The van der Waals surface area contributed by atoms with E-state index in [4.69, 9.17) is 5.84 Å². The summed E-state index contributed by atoms with van der Waals surface area (Å²) in [5, 5.41) is 1.92. The third kappa shape index (κ3) is 3.78. The second-order valence-corrected chi connectivity index (χ2v) is 5.73. The van der Waals surface area contributed by atoms with E-state index in [0.717, 1.165) is 24.1 Å². The van der Waals surface area contributed by atoms with Gasteiger partial charge in [-0.05, 0) is 37.6 Å². The number of rotatable bonds is 3. The summed E-state index contributed by atoms with van der Waals surface area (Å²) < 4.78 is 1.15. The van der Waals surface area contributed by atoms with E-state index in [9.17, 15) is 0 Å². The fourth-order valence-electron chi connectivity index (χ4n) is 2.38. The molecule has 1 saturated heterocycles. The molecule has 2 N–H and O–H groups in total. The van der Waals surface area contributed by atoms with Crippen LogP contribution in [-0.2, 0) is 6.54 Å². The highest BCUT2D eigenvalue weighted by molar-refractivity contribution is 9.10. The Hall–Kier alpha value is -0.420. The quantitative estimate of drug-likeness (QED) is 0.869. The highest BCUT2D eigenvalue weighted by atomic mass is 79.9. The zero-order chi connectivity index (χ0) is 12.3. The predicted octanol–water partition coefficient (Wildman–Crippen LogP) is 2.22. The van der Waals surface area contributed by atoms with Crippen molar-refractivity contribution in [2.75, 3.05) is 20.1 Å². The number of halogens is 1. The molecule has 4 heteroatoms. The van der Waals surface area contributed by atoms with Gasteiger partial charge in [-0.2, -0.15) is 0 Å². The summed E-state index contributed by atoms with van der Waals surface area (Å²) in [5.41, 5.74) is 1.36. The molecule has 94 valence electrons. The third-order valence-electron chi connectivity index (χ3n) is 3.44. The molecular weight excluding hydrogens is 278 g/mol.